The molecule has 0 aromatic carbocycles. The summed E-state index contributed by atoms with van der Waals surface area (Å²) in [5, 5.41) is 11.6. The molecule has 4 heterocycles. The van der Waals surface area contributed by atoms with E-state index in [-0.39, 0.29) is 24.3 Å². The number of aryl methyl sites for hydroxylation is 1. The van der Waals surface area contributed by atoms with Gasteiger partial charge in [0.1, 0.15) is 5.82 Å². The molecule has 7 nitrogen and oxygen atoms in total. The molecule has 0 bridgehead atoms. The largest absolute Gasteiger partial charge is 0.410 e. The minimum Gasteiger partial charge on any atom is -0.367 e. The number of anilines is 1. The first-order valence-corrected chi connectivity index (χ1v) is 9.97. The number of nitrogens with one attached hydrogen (secondary N) is 1. The van der Waals surface area contributed by atoms with Gasteiger partial charge in [-0.05, 0) is 25.7 Å². The number of carbonyl (C=O) groups is 1. The number of amides is 1. The van der Waals surface area contributed by atoms with Gasteiger partial charge in [-0.25, -0.2) is 4.68 Å². The van der Waals surface area contributed by atoms with Gasteiger partial charge in [0.05, 0.1) is 17.5 Å². The quantitative estimate of drug-likeness (QED) is 0.843. The molecule has 0 aliphatic carbocycles. The van der Waals surface area contributed by atoms with Crippen LogP contribution in [0, 0.1) is 0 Å². The molecule has 2 aromatic heterocycles. The van der Waals surface area contributed by atoms with E-state index in [0.29, 0.717) is 36.6 Å². The van der Waals surface area contributed by atoms with Crippen molar-refractivity contribution in [2.24, 2.45) is 7.05 Å². The molecule has 1 amide bonds. The lowest BCUT2D eigenvalue weighted by atomic mass is 9.94. The first kappa shape index (κ1) is 19.8. The van der Waals surface area contributed by atoms with Crippen molar-refractivity contribution in [3.63, 3.8) is 0 Å². The second-order valence-electron chi connectivity index (χ2n) is 7.93. The lowest BCUT2D eigenvalue weighted by Gasteiger charge is -2.33. The number of alkyl halides is 3. The van der Waals surface area contributed by atoms with E-state index < -0.39 is 12.2 Å². The van der Waals surface area contributed by atoms with Gasteiger partial charge in [0.25, 0.3) is 5.91 Å². The molecule has 4 rings (SSSR count). The van der Waals surface area contributed by atoms with Crippen LogP contribution in [0.1, 0.15) is 60.6 Å². The Labute approximate surface area is 166 Å². The molecule has 158 valence electrons. The van der Waals surface area contributed by atoms with Gasteiger partial charge < -0.3 is 10.2 Å². The lowest BCUT2D eigenvalue weighted by molar-refractivity contribution is -0.173. The van der Waals surface area contributed by atoms with Crippen LogP contribution >= 0.6 is 0 Å². The molecule has 2 aromatic rings. The van der Waals surface area contributed by atoms with Gasteiger partial charge in [0.15, 0.2) is 6.04 Å². The summed E-state index contributed by atoms with van der Waals surface area (Å²) in [4.78, 5) is 14.5. The Bertz CT molecular complexity index is 889. The van der Waals surface area contributed by atoms with E-state index in [1.54, 1.807) is 28.9 Å². The van der Waals surface area contributed by atoms with E-state index in [9.17, 15) is 18.0 Å². The second kappa shape index (κ2) is 7.38. The summed E-state index contributed by atoms with van der Waals surface area (Å²) >= 11 is 0. The normalized spacial score (nSPS) is 24.9. The molecule has 0 spiro atoms. The maximum atomic E-state index is 13.6. The Hall–Kier alpha value is -2.52. The summed E-state index contributed by atoms with van der Waals surface area (Å²) in [6.07, 6.45) is 1.03. The highest BCUT2D eigenvalue weighted by atomic mass is 19.4. The average Bonchev–Trinajstić information content (AvgIpc) is 3.32. The molecule has 3 atom stereocenters. The maximum absolute atomic E-state index is 13.6. The number of hydrogen-bond acceptors (Lipinski definition) is 4. The van der Waals surface area contributed by atoms with E-state index in [1.807, 2.05) is 6.92 Å². The predicted octanol–water partition coefficient (Wildman–Crippen LogP) is 3.33. The van der Waals surface area contributed by atoms with Gasteiger partial charge in [0, 0.05) is 44.4 Å². The standard InChI is InChI=1S/C19H25F3N6O/c1-3-14-7-16(19(20,21)22)28-17(24-14)8-15(25-28)12-5-4-6-27(11-12)18(29)13-9-23-26(2)10-13/h8-10,12,14,16,24H,3-7,11H2,1-2H3/t12?,14-,16-/m1/s1. The molecule has 1 fully saturated rings. The molecular formula is C19H25F3N6O. The fourth-order valence-corrected chi connectivity index (χ4v) is 4.25. The molecule has 10 heteroatoms. The first-order chi connectivity index (χ1) is 13.8. The van der Waals surface area contributed by atoms with Gasteiger partial charge in [-0.3, -0.25) is 9.48 Å². The third-order valence-electron chi connectivity index (χ3n) is 5.86. The number of fused-ring (bicyclic) bond motifs is 1. The molecule has 0 radical (unpaired) electrons. The topological polar surface area (TPSA) is 68.0 Å². The van der Waals surface area contributed by atoms with Crippen LogP contribution in [0.25, 0.3) is 0 Å². The second-order valence-corrected chi connectivity index (χ2v) is 7.93. The summed E-state index contributed by atoms with van der Waals surface area (Å²) < 4.78 is 43.4. The van der Waals surface area contributed by atoms with Gasteiger partial charge in [-0.1, -0.05) is 6.92 Å². The molecule has 29 heavy (non-hydrogen) atoms. The third kappa shape index (κ3) is 3.84. The first-order valence-electron chi connectivity index (χ1n) is 9.97. The van der Waals surface area contributed by atoms with Gasteiger partial charge in [-0.15, -0.1) is 0 Å². The monoisotopic (exact) mass is 410 g/mol. The Morgan fingerprint density at radius 1 is 1.38 bits per heavy atom. The Balaban J connectivity index is 1.56. The van der Waals surface area contributed by atoms with Crippen molar-refractivity contribution in [3.8, 4) is 0 Å². The number of nitrogens with zero attached hydrogens (tertiary/aromatic N) is 5. The van der Waals surface area contributed by atoms with Crippen molar-refractivity contribution in [1.29, 1.82) is 0 Å². The zero-order chi connectivity index (χ0) is 20.8. The van der Waals surface area contributed by atoms with Crippen LogP contribution < -0.4 is 5.32 Å². The lowest BCUT2D eigenvalue weighted by Crippen LogP contribution is -2.39. The molecule has 2 aliphatic heterocycles. The minimum absolute atomic E-state index is 0.0234. The van der Waals surface area contributed by atoms with Crippen molar-refractivity contribution < 1.29 is 18.0 Å². The van der Waals surface area contributed by atoms with Gasteiger partial charge >= 0.3 is 6.18 Å². The summed E-state index contributed by atoms with van der Waals surface area (Å²) in [5.41, 5.74) is 1.13. The van der Waals surface area contributed by atoms with E-state index in [4.69, 9.17) is 0 Å². The molecule has 1 N–H and O–H groups in total. The molecule has 1 unspecified atom stereocenters. The fraction of sp³-hybridized carbons (Fsp3) is 0.632. The van der Waals surface area contributed by atoms with E-state index in [1.165, 1.54) is 6.20 Å². The predicted molar refractivity (Wildman–Crippen MR) is 101 cm³/mol. The number of likely N-dealkylation sites (tertiary alicyclic amines) is 1. The van der Waals surface area contributed by atoms with Gasteiger partial charge in [-0.2, -0.15) is 23.4 Å². The number of piperidine rings is 1. The fourth-order valence-electron chi connectivity index (χ4n) is 4.25. The van der Waals surface area contributed by atoms with E-state index >= 15 is 0 Å². The van der Waals surface area contributed by atoms with E-state index in [0.717, 1.165) is 17.5 Å². The number of hydrogen-bond donors (Lipinski definition) is 1. The van der Waals surface area contributed by atoms with Crippen LogP contribution in [-0.4, -0.2) is 55.7 Å². The zero-order valence-electron chi connectivity index (χ0n) is 16.5. The zero-order valence-corrected chi connectivity index (χ0v) is 16.5. The SMILES string of the molecule is CC[C@@H]1C[C@H](C(F)(F)F)n2nc(C3CCCN(C(=O)c4cnn(C)c4)C3)cc2N1. The maximum Gasteiger partial charge on any atom is 0.410 e. The number of carbonyl (C=O) groups excluding carboxylic acids is 1. The summed E-state index contributed by atoms with van der Waals surface area (Å²) in [7, 11) is 1.75. The minimum atomic E-state index is -4.34. The third-order valence-corrected chi connectivity index (χ3v) is 5.86. The Kier molecular flexibility index (Phi) is 5.04. The average molecular weight is 410 g/mol. The van der Waals surface area contributed by atoms with Crippen LogP contribution in [0.4, 0.5) is 19.0 Å². The number of rotatable bonds is 3. The Morgan fingerprint density at radius 2 is 2.17 bits per heavy atom. The molecule has 1 saturated heterocycles. The molecule has 0 saturated carbocycles. The summed E-state index contributed by atoms with van der Waals surface area (Å²) in [6.45, 7) is 2.94. The van der Waals surface area contributed by atoms with Crippen LogP contribution in [0.3, 0.4) is 0 Å². The molecular weight excluding hydrogens is 385 g/mol. The van der Waals surface area contributed by atoms with E-state index in [2.05, 4.69) is 15.5 Å². The van der Waals surface area contributed by atoms with Crippen LogP contribution in [-0.2, 0) is 7.05 Å². The Morgan fingerprint density at radius 3 is 2.83 bits per heavy atom. The smallest absolute Gasteiger partial charge is 0.367 e. The van der Waals surface area contributed by atoms with Crippen molar-refractivity contribution in [3.05, 3.63) is 29.7 Å². The highest BCUT2D eigenvalue weighted by Crippen LogP contribution is 2.41. The molecule has 2 aliphatic rings. The summed E-state index contributed by atoms with van der Waals surface area (Å²) in [6, 6.07) is -0.119. The highest BCUT2D eigenvalue weighted by Gasteiger charge is 2.46. The number of halogens is 3. The van der Waals surface area contributed by atoms with Crippen LogP contribution in [0.2, 0.25) is 0 Å². The summed E-state index contributed by atoms with van der Waals surface area (Å²) in [5.74, 6) is 0.221. The van der Waals surface area contributed by atoms with Crippen LogP contribution in [0.5, 0.6) is 0 Å². The van der Waals surface area contributed by atoms with Crippen molar-refractivity contribution in [1.82, 2.24) is 24.5 Å². The van der Waals surface area contributed by atoms with Crippen molar-refractivity contribution in [2.45, 2.75) is 56.8 Å². The number of aromatic nitrogens is 4. The van der Waals surface area contributed by atoms with Crippen molar-refractivity contribution >= 4 is 11.7 Å². The van der Waals surface area contributed by atoms with Gasteiger partial charge in [0.2, 0.25) is 0 Å². The highest BCUT2D eigenvalue weighted by molar-refractivity contribution is 5.93. The van der Waals surface area contributed by atoms with Crippen LogP contribution in [0.15, 0.2) is 18.5 Å². The van der Waals surface area contributed by atoms with Crippen molar-refractivity contribution in [2.75, 3.05) is 18.4 Å².